The number of ether oxygens (including phenoxy) is 2. The molecule has 0 radical (unpaired) electrons. The quantitative estimate of drug-likeness (QED) is 0.307. The molecule has 2 aromatic heterocycles. The molecule has 0 aliphatic carbocycles. The van der Waals surface area contributed by atoms with Crippen LogP contribution < -0.4 is 14.8 Å². The molecule has 1 aliphatic rings. The molecule has 8 heteroatoms. The summed E-state index contributed by atoms with van der Waals surface area (Å²) in [5, 5.41) is 9.29. The van der Waals surface area contributed by atoms with Gasteiger partial charge in [0.05, 0.1) is 23.5 Å². The van der Waals surface area contributed by atoms with E-state index in [-0.39, 0.29) is 0 Å². The van der Waals surface area contributed by atoms with Gasteiger partial charge in [0.15, 0.2) is 5.82 Å². The number of anilines is 2. The largest absolute Gasteiger partial charge is 0.492 e. The van der Waals surface area contributed by atoms with Gasteiger partial charge in [0.25, 0.3) is 0 Å². The summed E-state index contributed by atoms with van der Waals surface area (Å²) in [4.78, 5) is 13.6. The first-order chi connectivity index (χ1) is 17.9. The first-order valence-corrected chi connectivity index (χ1v) is 12.5. The Morgan fingerprint density at radius 1 is 1.19 bits per heavy atom. The van der Waals surface area contributed by atoms with Gasteiger partial charge in [-0.15, -0.1) is 0 Å². The van der Waals surface area contributed by atoms with Crippen LogP contribution >= 0.6 is 0 Å². The van der Waals surface area contributed by atoms with Crippen LogP contribution in [0.2, 0.25) is 0 Å². The van der Waals surface area contributed by atoms with Crippen molar-refractivity contribution < 1.29 is 9.47 Å². The van der Waals surface area contributed by atoms with Gasteiger partial charge in [0.2, 0.25) is 0 Å². The molecule has 0 spiro atoms. The summed E-state index contributed by atoms with van der Waals surface area (Å²) >= 11 is 0. The Morgan fingerprint density at radius 2 is 2.03 bits per heavy atom. The number of rotatable bonds is 10. The maximum Gasteiger partial charge on any atom is 0.160 e. The van der Waals surface area contributed by atoms with Crippen molar-refractivity contribution in [2.24, 2.45) is 11.0 Å². The number of pyridine rings is 1. The predicted molar refractivity (Wildman–Crippen MR) is 149 cm³/mol. The van der Waals surface area contributed by atoms with Gasteiger partial charge in [0, 0.05) is 30.2 Å². The van der Waals surface area contributed by atoms with E-state index in [1.54, 1.807) is 11.2 Å². The van der Waals surface area contributed by atoms with Crippen molar-refractivity contribution in [3.8, 4) is 11.5 Å². The van der Waals surface area contributed by atoms with Crippen molar-refractivity contribution in [1.29, 1.82) is 0 Å². The molecule has 0 fully saturated rings. The maximum atomic E-state index is 6.10. The summed E-state index contributed by atoms with van der Waals surface area (Å²) in [6.07, 6.45) is 10.9. The first-order valence-electron chi connectivity index (χ1n) is 12.5. The van der Waals surface area contributed by atoms with Crippen LogP contribution in [0.1, 0.15) is 44.9 Å². The average molecular weight is 499 g/mol. The van der Waals surface area contributed by atoms with Crippen molar-refractivity contribution in [3.63, 3.8) is 0 Å². The monoisotopic (exact) mass is 498 g/mol. The number of aryl methyl sites for hydroxylation is 2. The lowest BCUT2D eigenvalue weighted by molar-refractivity contribution is 0.279. The van der Waals surface area contributed by atoms with E-state index < -0.39 is 0 Å². The van der Waals surface area contributed by atoms with Gasteiger partial charge in [0.1, 0.15) is 29.1 Å². The van der Waals surface area contributed by atoms with E-state index in [0.29, 0.717) is 29.6 Å². The fourth-order valence-corrected chi connectivity index (χ4v) is 3.80. The Balaban J connectivity index is 1.48. The normalized spacial score (nSPS) is 14.2. The Kier molecular flexibility index (Phi) is 8.18. The van der Waals surface area contributed by atoms with Crippen LogP contribution in [-0.4, -0.2) is 32.8 Å². The number of hydrogen-bond donors (Lipinski definition) is 1. The van der Waals surface area contributed by atoms with Gasteiger partial charge in [-0.3, -0.25) is 0 Å². The van der Waals surface area contributed by atoms with E-state index in [1.807, 2.05) is 63.4 Å². The molecule has 1 atom stereocenters. The minimum Gasteiger partial charge on any atom is -0.492 e. The SMILES string of the molecule is C=C1C=C(Oc2ccc(Nc3ncnc4cc(OCCC(C)CC)c(C)nc34)cc2C)C=CN1/N=C\C. The molecule has 0 saturated carbocycles. The smallest absolute Gasteiger partial charge is 0.160 e. The highest BCUT2D eigenvalue weighted by molar-refractivity contribution is 5.88. The molecule has 1 aliphatic heterocycles. The summed E-state index contributed by atoms with van der Waals surface area (Å²) in [5.74, 6) is 3.48. The summed E-state index contributed by atoms with van der Waals surface area (Å²) in [7, 11) is 0. The first kappa shape index (κ1) is 25.9. The van der Waals surface area contributed by atoms with Crippen LogP contribution in [0.4, 0.5) is 11.5 Å². The number of hydrogen-bond acceptors (Lipinski definition) is 8. The van der Waals surface area contributed by atoms with E-state index in [0.717, 1.165) is 52.5 Å². The van der Waals surface area contributed by atoms with Crippen molar-refractivity contribution in [2.75, 3.05) is 11.9 Å². The van der Waals surface area contributed by atoms with Gasteiger partial charge in [-0.05, 0) is 62.9 Å². The van der Waals surface area contributed by atoms with Gasteiger partial charge >= 0.3 is 0 Å². The van der Waals surface area contributed by atoms with E-state index in [1.165, 1.54) is 6.33 Å². The lowest BCUT2D eigenvalue weighted by Gasteiger charge is -2.20. The Hall–Kier alpha value is -4.20. The molecule has 0 saturated heterocycles. The molecule has 37 heavy (non-hydrogen) atoms. The maximum absolute atomic E-state index is 6.10. The highest BCUT2D eigenvalue weighted by atomic mass is 16.5. The topological polar surface area (TPSA) is 84.8 Å². The van der Waals surface area contributed by atoms with Gasteiger partial charge in [-0.25, -0.2) is 20.0 Å². The van der Waals surface area contributed by atoms with Crippen molar-refractivity contribution in [1.82, 2.24) is 20.0 Å². The molecule has 8 nitrogen and oxygen atoms in total. The molecule has 192 valence electrons. The molecule has 3 aromatic rings. The van der Waals surface area contributed by atoms with Crippen LogP contribution in [0.25, 0.3) is 11.0 Å². The number of benzene rings is 1. The molecule has 0 amide bonds. The summed E-state index contributed by atoms with van der Waals surface area (Å²) in [6.45, 7) is 14.9. The van der Waals surface area contributed by atoms with Crippen LogP contribution in [0.5, 0.6) is 11.5 Å². The molecule has 1 N–H and O–H groups in total. The third-order valence-corrected chi connectivity index (χ3v) is 6.21. The molecule has 4 rings (SSSR count). The van der Waals surface area contributed by atoms with Crippen LogP contribution in [0.15, 0.2) is 72.1 Å². The predicted octanol–water partition coefficient (Wildman–Crippen LogP) is 6.81. The van der Waals surface area contributed by atoms with Crippen molar-refractivity contribution >= 4 is 28.8 Å². The zero-order chi connectivity index (χ0) is 26.4. The third-order valence-electron chi connectivity index (χ3n) is 6.21. The van der Waals surface area contributed by atoms with E-state index in [9.17, 15) is 0 Å². The fourth-order valence-electron chi connectivity index (χ4n) is 3.80. The number of aromatic nitrogens is 3. The molecule has 1 unspecified atom stereocenters. The van der Waals surface area contributed by atoms with Gasteiger partial charge in [-0.2, -0.15) is 5.10 Å². The second-order valence-corrected chi connectivity index (χ2v) is 9.09. The van der Waals surface area contributed by atoms with Crippen LogP contribution in [-0.2, 0) is 0 Å². The summed E-state index contributed by atoms with van der Waals surface area (Å²) < 4.78 is 12.1. The minimum atomic E-state index is 0.633. The lowest BCUT2D eigenvalue weighted by Crippen LogP contribution is -2.12. The average Bonchev–Trinajstić information content (AvgIpc) is 2.88. The van der Waals surface area contributed by atoms with Crippen molar-refractivity contribution in [3.05, 3.63) is 78.2 Å². The highest BCUT2D eigenvalue weighted by Crippen LogP contribution is 2.30. The van der Waals surface area contributed by atoms with E-state index in [4.69, 9.17) is 14.5 Å². The summed E-state index contributed by atoms with van der Waals surface area (Å²) in [6, 6.07) is 7.83. The zero-order valence-electron chi connectivity index (χ0n) is 22.2. The van der Waals surface area contributed by atoms with E-state index >= 15 is 0 Å². The molecule has 1 aromatic carbocycles. The fraction of sp³-hybridized carbons (Fsp3) is 0.310. The number of nitrogens with zero attached hydrogens (tertiary/aromatic N) is 5. The second kappa shape index (κ2) is 11.7. The van der Waals surface area contributed by atoms with Crippen molar-refractivity contribution in [2.45, 2.75) is 47.5 Å². The number of hydrazone groups is 1. The molecule has 3 heterocycles. The summed E-state index contributed by atoms with van der Waals surface area (Å²) in [5.41, 5.74) is 4.82. The third kappa shape index (κ3) is 6.33. The molecule has 0 bridgehead atoms. The van der Waals surface area contributed by atoms with Crippen LogP contribution in [0, 0.1) is 19.8 Å². The van der Waals surface area contributed by atoms with Crippen LogP contribution in [0.3, 0.4) is 0 Å². The number of nitrogens with one attached hydrogen (secondary N) is 1. The highest BCUT2D eigenvalue weighted by Gasteiger charge is 2.13. The second-order valence-electron chi connectivity index (χ2n) is 9.09. The number of fused-ring (bicyclic) bond motifs is 1. The Bertz CT molecular complexity index is 1380. The Morgan fingerprint density at radius 3 is 2.76 bits per heavy atom. The van der Waals surface area contributed by atoms with Gasteiger partial charge in [-0.1, -0.05) is 26.8 Å². The zero-order valence-corrected chi connectivity index (χ0v) is 22.2. The number of allylic oxidation sites excluding steroid dienone is 2. The lowest BCUT2D eigenvalue weighted by atomic mass is 10.1. The van der Waals surface area contributed by atoms with E-state index in [2.05, 4.69) is 40.8 Å². The Labute approximate surface area is 218 Å². The molecular weight excluding hydrogens is 464 g/mol. The van der Waals surface area contributed by atoms with Gasteiger partial charge < -0.3 is 14.8 Å². The standard InChI is InChI=1S/C29H34N6O2/c1-7-19(3)12-14-36-27-17-25-28(33-22(27)6)29(31-18-30-25)34-23-9-10-26(20(4)15-23)37-24-11-13-35(32-8-2)21(5)16-24/h8-11,13,15-19H,5,7,12,14H2,1-4,6H3,(H,30,31,34)/b32-8-. The minimum absolute atomic E-state index is 0.633. The molecular formula is C29H34N6O2.